The number of benzene rings is 4. The average molecular weight is 753 g/mol. The van der Waals surface area contributed by atoms with Crippen LogP contribution in [0.3, 0.4) is 0 Å². The molecule has 0 saturated heterocycles. The van der Waals surface area contributed by atoms with Crippen LogP contribution in [0, 0.1) is 0 Å². The normalized spacial score (nSPS) is 15.8. The second-order valence-electron chi connectivity index (χ2n) is 13.6. The Bertz CT molecular complexity index is 2040. The maximum Gasteiger partial charge on any atom is 0.534 e. The van der Waals surface area contributed by atoms with E-state index in [9.17, 15) is 21.6 Å². The fourth-order valence-electron chi connectivity index (χ4n) is 6.19. The molecule has 270 valence electrons. The Kier molecular flexibility index (Phi) is 11.6. The molecular weight excluding hydrogens is 710 g/mol. The van der Waals surface area contributed by atoms with Crippen molar-refractivity contribution in [1.29, 1.82) is 0 Å². The fraction of sp³-hybridized carbons (Fsp3) is 0.300. The molecule has 2 heterocycles. The quantitative estimate of drug-likeness (QED) is 0.0764. The van der Waals surface area contributed by atoms with Gasteiger partial charge >= 0.3 is 15.6 Å². The minimum atomic E-state index is -5.66. The molecule has 0 fully saturated rings. The standard InChI is InChI=1S/C27H29NS2.C13H14F3NO3S/c1-27(2)18-22(19-30-16-15-20-9-5-4-6-10-20)24-17-21(13-14-25(24)28-27)23-11-7-8-12-26(23)29-3;1-8-7-12(2,3)17-11-5-4-9(6-10(8)11)20-21(18,19)13(14,15)16/h4-14,17-18,28H,15-16,19H2,1-3H3;4-7,17H,1-3H3. The Hall–Kier alpha value is -3.80. The average Bonchev–Trinajstić information content (AvgIpc) is 3.06. The Morgan fingerprint density at radius 3 is 2.08 bits per heavy atom. The maximum absolute atomic E-state index is 12.3. The lowest BCUT2D eigenvalue weighted by molar-refractivity contribution is -0.0500. The number of fused-ring (bicyclic) bond motifs is 2. The summed E-state index contributed by atoms with van der Waals surface area (Å²) < 4.78 is 63.0. The van der Waals surface area contributed by atoms with Crippen molar-refractivity contribution in [1.82, 2.24) is 0 Å². The van der Waals surface area contributed by atoms with Gasteiger partial charge in [0.2, 0.25) is 0 Å². The molecular formula is C40H43F3N2O3S3. The van der Waals surface area contributed by atoms with E-state index in [4.69, 9.17) is 0 Å². The number of hydrogen-bond donors (Lipinski definition) is 2. The number of alkyl halides is 3. The molecule has 2 N–H and O–H groups in total. The van der Waals surface area contributed by atoms with E-state index in [1.807, 2.05) is 43.4 Å². The highest BCUT2D eigenvalue weighted by molar-refractivity contribution is 7.99. The van der Waals surface area contributed by atoms with Crippen molar-refractivity contribution in [3.05, 3.63) is 120 Å². The minimum Gasteiger partial charge on any atom is -0.376 e. The fourth-order valence-corrected chi connectivity index (χ4v) is 8.24. The second-order valence-corrected chi connectivity index (χ2v) is 17.1. The lowest BCUT2D eigenvalue weighted by Crippen LogP contribution is -2.32. The summed E-state index contributed by atoms with van der Waals surface area (Å²) in [5.74, 6) is 1.80. The summed E-state index contributed by atoms with van der Waals surface area (Å²) in [5.41, 5.74) is 4.41. The molecule has 51 heavy (non-hydrogen) atoms. The van der Waals surface area contributed by atoms with Gasteiger partial charge in [0.25, 0.3) is 0 Å². The van der Waals surface area contributed by atoms with Crippen LogP contribution in [0.4, 0.5) is 24.5 Å². The topological polar surface area (TPSA) is 67.4 Å². The number of thioether (sulfide) groups is 2. The Balaban J connectivity index is 0.000000211. The summed E-state index contributed by atoms with van der Waals surface area (Å²) in [6, 6.07) is 30.3. The molecule has 11 heteroatoms. The molecule has 4 aromatic carbocycles. The number of aryl methyl sites for hydroxylation is 1. The van der Waals surface area contributed by atoms with Gasteiger partial charge in [0.05, 0.1) is 11.1 Å². The van der Waals surface area contributed by atoms with Gasteiger partial charge in [-0.1, -0.05) is 66.7 Å². The van der Waals surface area contributed by atoms with Crippen molar-refractivity contribution >= 4 is 56.2 Å². The molecule has 0 aromatic heterocycles. The van der Waals surface area contributed by atoms with Crippen LogP contribution in [-0.4, -0.2) is 42.8 Å². The van der Waals surface area contributed by atoms with Crippen molar-refractivity contribution in [3.63, 3.8) is 0 Å². The SMILES string of the molecule is CC1=CC(C)(C)Nc2ccc(OS(=O)(=O)C(F)(F)F)cc21.CSc1ccccc1-c1ccc2c(c1)C(CSCCc1ccccc1)=CC(C)(C)N2. The first-order chi connectivity index (χ1) is 24.0. The third-order valence-corrected chi connectivity index (χ3v) is 11.1. The van der Waals surface area contributed by atoms with Gasteiger partial charge in [0, 0.05) is 33.2 Å². The summed E-state index contributed by atoms with van der Waals surface area (Å²) in [4.78, 5) is 1.32. The van der Waals surface area contributed by atoms with Crippen LogP contribution in [0.1, 0.15) is 51.3 Å². The van der Waals surface area contributed by atoms with Gasteiger partial charge in [0.15, 0.2) is 0 Å². The van der Waals surface area contributed by atoms with E-state index < -0.39 is 15.6 Å². The third kappa shape index (κ3) is 9.75. The van der Waals surface area contributed by atoms with Crippen LogP contribution >= 0.6 is 23.5 Å². The molecule has 0 bridgehead atoms. The van der Waals surface area contributed by atoms with Gasteiger partial charge in [-0.15, -0.1) is 11.8 Å². The summed E-state index contributed by atoms with van der Waals surface area (Å²) >= 11 is 3.84. The van der Waals surface area contributed by atoms with Crippen molar-refractivity contribution in [2.45, 2.75) is 62.5 Å². The molecule has 5 nitrogen and oxygen atoms in total. The number of halogens is 3. The van der Waals surface area contributed by atoms with Gasteiger partial charge in [0.1, 0.15) is 5.75 Å². The highest BCUT2D eigenvalue weighted by Gasteiger charge is 2.48. The molecule has 0 saturated carbocycles. The molecule has 2 aliphatic heterocycles. The van der Waals surface area contributed by atoms with E-state index >= 15 is 0 Å². The van der Waals surface area contributed by atoms with Gasteiger partial charge in [-0.3, -0.25) is 0 Å². The number of hydrogen-bond acceptors (Lipinski definition) is 7. The molecule has 0 spiro atoms. The molecule has 2 aliphatic rings. The van der Waals surface area contributed by atoms with Crippen LogP contribution in [0.5, 0.6) is 5.75 Å². The van der Waals surface area contributed by atoms with Gasteiger partial charge in [-0.25, -0.2) is 0 Å². The van der Waals surface area contributed by atoms with Gasteiger partial charge in [-0.2, -0.15) is 33.4 Å². The van der Waals surface area contributed by atoms with Crippen molar-refractivity contribution in [2.24, 2.45) is 0 Å². The Morgan fingerprint density at radius 1 is 0.765 bits per heavy atom. The van der Waals surface area contributed by atoms with Crippen LogP contribution in [0.15, 0.2) is 108 Å². The zero-order valence-electron chi connectivity index (χ0n) is 29.5. The summed E-state index contributed by atoms with van der Waals surface area (Å²) in [7, 11) is -5.66. The zero-order valence-corrected chi connectivity index (χ0v) is 32.0. The van der Waals surface area contributed by atoms with Crippen LogP contribution in [-0.2, 0) is 16.5 Å². The summed E-state index contributed by atoms with van der Waals surface area (Å²) in [5, 5.41) is 6.88. The molecule has 6 rings (SSSR count). The molecule has 0 radical (unpaired) electrons. The predicted molar refractivity (Wildman–Crippen MR) is 210 cm³/mol. The van der Waals surface area contributed by atoms with Gasteiger partial charge < -0.3 is 14.8 Å². The maximum atomic E-state index is 12.3. The molecule has 0 atom stereocenters. The second kappa shape index (κ2) is 15.4. The van der Waals surface area contributed by atoms with E-state index in [1.165, 1.54) is 56.6 Å². The number of allylic oxidation sites excluding steroid dienone is 1. The van der Waals surface area contributed by atoms with Crippen LogP contribution < -0.4 is 14.8 Å². The monoisotopic (exact) mass is 752 g/mol. The highest BCUT2D eigenvalue weighted by atomic mass is 32.2. The van der Waals surface area contributed by atoms with Crippen molar-refractivity contribution < 1.29 is 25.8 Å². The lowest BCUT2D eigenvalue weighted by atomic mass is 9.89. The molecule has 4 aromatic rings. The zero-order chi connectivity index (χ0) is 37.0. The van der Waals surface area contributed by atoms with Crippen LogP contribution in [0.25, 0.3) is 22.3 Å². The smallest absolute Gasteiger partial charge is 0.376 e. The van der Waals surface area contributed by atoms with E-state index in [-0.39, 0.29) is 16.8 Å². The van der Waals surface area contributed by atoms with Crippen LogP contribution in [0.2, 0.25) is 0 Å². The number of anilines is 2. The molecule has 0 unspecified atom stereocenters. The van der Waals surface area contributed by atoms with Crippen molar-refractivity contribution in [2.75, 3.05) is 28.4 Å². The summed E-state index contributed by atoms with van der Waals surface area (Å²) in [6.07, 6.45) is 7.58. The number of nitrogens with one attached hydrogen (secondary N) is 2. The molecule has 0 amide bonds. The Morgan fingerprint density at radius 2 is 1.39 bits per heavy atom. The van der Waals surface area contributed by atoms with E-state index in [2.05, 4.69) is 114 Å². The largest absolute Gasteiger partial charge is 0.534 e. The molecule has 0 aliphatic carbocycles. The van der Waals surface area contributed by atoms with E-state index in [0.29, 0.717) is 11.3 Å². The Labute approximate surface area is 308 Å². The lowest BCUT2D eigenvalue weighted by Gasteiger charge is -2.32. The van der Waals surface area contributed by atoms with Gasteiger partial charge in [-0.05, 0) is 117 Å². The van der Waals surface area contributed by atoms with E-state index in [0.717, 1.165) is 23.5 Å². The summed E-state index contributed by atoms with van der Waals surface area (Å²) in [6.45, 7) is 10.2. The van der Waals surface area contributed by atoms with Crippen molar-refractivity contribution in [3.8, 4) is 16.9 Å². The first kappa shape index (κ1) is 38.4. The number of rotatable bonds is 9. The minimum absolute atomic E-state index is 0.0268. The first-order valence-corrected chi connectivity index (χ1v) is 20.3. The van der Waals surface area contributed by atoms with E-state index in [1.54, 1.807) is 6.92 Å². The first-order valence-electron chi connectivity index (χ1n) is 16.5. The highest BCUT2D eigenvalue weighted by Crippen LogP contribution is 2.40. The predicted octanol–water partition coefficient (Wildman–Crippen LogP) is 11.2. The third-order valence-electron chi connectivity index (χ3n) is 8.35.